The Balaban J connectivity index is 0.00000196. The molecule has 1 aliphatic heterocycles. The fourth-order valence-electron chi connectivity index (χ4n) is 2.74. The van der Waals surface area contributed by atoms with Crippen LogP contribution in [0.15, 0.2) is 30.6 Å². The molecule has 0 aliphatic carbocycles. The summed E-state index contributed by atoms with van der Waals surface area (Å²) in [7, 11) is 0. The van der Waals surface area contributed by atoms with Crippen LogP contribution in [0.1, 0.15) is 15.3 Å². The standard InChI is InChI=1S/C17H17N5O3.H2/c1-10(2)25-15-8-12-13(9-19-15)20-21-16(12)11-3-4-18-14(7-11)22-5-6-24-17(22)23;/h3-4,7-10H,5-6H2,1-2H3,(H,20,21);1H. The van der Waals surface area contributed by atoms with Crippen LogP contribution in [-0.2, 0) is 4.74 Å². The highest BCUT2D eigenvalue weighted by Crippen LogP contribution is 2.30. The molecule has 4 heterocycles. The molecule has 1 saturated heterocycles. The van der Waals surface area contributed by atoms with E-state index in [1.165, 1.54) is 4.90 Å². The summed E-state index contributed by atoms with van der Waals surface area (Å²) in [6.07, 6.45) is 3.01. The molecule has 1 amide bonds. The van der Waals surface area contributed by atoms with E-state index in [1.54, 1.807) is 12.4 Å². The smallest absolute Gasteiger partial charge is 0.415 e. The molecular weight excluding hydrogens is 322 g/mol. The van der Waals surface area contributed by atoms with Gasteiger partial charge in [0.1, 0.15) is 18.1 Å². The van der Waals surface area contributed by atoms with Crippen molar-refractivity contribution < 1.29 is 15.7 Å². The number of aromatic nitrogens is 4. The monoisotopic (exact) mass is 341 g/mol. The van der Waals surface area contributed by atoms with Gasteiger partial charge in [-0.2, -0.15) is 5.10 Å². The van der Waals surface area contributed by atoms with Gasteiger partial charge in [0.15, 0.2) is 0 Å². The topological polar surface area (TPSA) is 93.2 Å². The van der Waals surface area contributed by atoms with Crippen LogP contribution in [-0.4, -0.2) is 45.5 Å². The Labute approximate surface area is 145 Å². The number of fused-ring (bicyclic) bond motifs is 1. The number of carbonyl (C=O) groups excluding carboxylic acids is 1. The number of ether oxygens (including phenoxy) is 2. The van der Waals surface area contributed by atoms with Crippen LogP contribution in [0.2, 0.25) is 0 Å². The number of H-pyrrole nitrogens is 1. The summed E-state index contributed by atoms with van der Waals surface area (Å²) in [6, 6.07) is 5.54. The number of rotatable bonds is 4. The Morgan fingerprint density at radius 3 is 3.00 bits per heavy atom. The number of nitrogens with zero attached hydrogens (tertiary/aromatic N) is 4. The van der Waals surface area contributed by atoms with Gasteiger partial charge in [-0.3, -0.25) is 10.00 Å². The normalized spacial score (nSPS) is 14.4. The lowest BCUT2D eigenvalue weighted by molar-refractivity contribution is 0.181. The molecular formula is C17H19N5O3. The predicted octanol–water partition coefficient (Wildman–Crippen LogP) is 3.01. The molecule has 0 aromatic carbocycles. The third-order valence-corrected chi connectivity index (χ3v) is 3.83. The summed E-state index contributed by atoms with van der Waals surface area (Å²) >= 11 is 0. The van der Waals surface area contributed by atoms with E-state index in [0.717, 1.165) is 22.2 Å². The van der Waals surface area contributed by atoms with E-state index in [4.69, 9.17) is 9.47 Å². The minimum Gasteiger partial charge on any atom is -0.475 e. The number of carbonyl (C=O) groups is 1. The van der Waals surface area contributed by atoms with Gasteiger partial charge < -0.3 is 9.47 Å². The first-order valence-corrected chi connectivity index (χ1v) is 8.03. The first kappa shape index (κ1) is 15.4. The van der Waals surface area contributed by atoms with Gasteiger partial charge in [-0.05, 0) is 26.0 Å². The zero-order chi connectivity index (χ0) is 17.4. The van der Waals surface area contributed by atoms with E-state index in [0.29, 0.717) is 24.8 Å². The number of amides is 1. The molecule has 3 aromatic rings. The SMILES string of the molecule is CC(C)Oc1cc2c(-c3ccnc(N4CCOC4=O)c3)n[nH]c2cn1.[HH]. The van der Waals surface area contributed by atoms with Crippen molar-refractivity contribution in [3.8, 4) is 17.1 Å². The maximum Gasteiger partial charge on any atom is 0.415 e. The molecule has 0 saturated carbocycles. The Hall–Kier alpha value is -3.16. The van der Waals surface area contributed by atoms with E-state index in [1.807, 2.05) is 32.0 Å². The number of hydrogen-bond acceptors (Lipinski definition) is 6. The van der Waals surface area contributed by atoms with Crippen molar-refractivity contribution in [2.75, 3.05) is 18.1 Å². The molecule has 4 rings (SSSR count). The Morgan fingerprint density at radius 2 is 2.24 bits per heavy atom. The minimum atomic E-state index is -0.381. The average molecular weight is 341 g/mol. The molecule has 130 valence electrons. The number of pyridine rings is 2. The Morgan fingerprint density at radius 1 is 1.36 bits per heavy atom. The van der Waals surface area contributed by atoms with Crippen molar-refractivity contribution >= 4 is 22.8 Å². The summed E-state index contributed by atoms with van der Waals surface area (Å²) in [5.41, 5.74) is 2.41. The lowest BCUT2D eigenvalue weighted by atomic mass is 10.1. The van der Waals surface area contributed by atoms with Crippen molar-refractivity contribution in [1.29, 1.82) is 0 Å². The molecule has 0 radical (unpaired) electrons. The largest absolute Gasteiger partial charge is 0.475 e. The Bertz CT molecular complexity index is 943. The van der Waals surface area contributed by atoms with Crippen molar-refractivity contribution in [3.63, 3.8) is 0 Å². The maximum absolute atomic E-state index is 11.7. The molecule has 8 heteroatoms. The van der Waals surface area contributed by atoms with Crippen molar-refractivity contribution in [2.45, 2.75) is 20.0 Å². The van der Waals surface area contributed by atoms with Gasteiger partial charge in [-0.25, -0.2) is 14.8 Å². The lowest BCUT2D eigenvalue weighted by Crippen LogP contribution is -2.24. The molecule has 25 heavy (non-hydrogen) atoms. The molecule has 1 N–H and O–H groups in total. The molecule has 3 aromatic heterocycles. The number of cyclic esters (lactones) is 1. The van der Waals surface area contributed by atoms with Crippen LogP contribution in [0.5, 0.6) is 5.88 Å². The van der Waals surface area contributed by atoms with Gasteiger partial charge in [0.05, 0.1) is 24.4 Å². The second-order valence-corrected chi connectivity index (χ2v) is 5.98. The van der Waals surface area contributed by atoms with Gasteiger partial charge >= 0.3 is 6.09 Å². The summed E-state index contributed by atoms with van der Waals surface area (Å²) in [5, 5.41) is 8.26. The highest BCUT2D eigenvalue weighted by Gasteiger charge is 2.25. The van der Waals surface area contributed by atoms with Crippen LogP contribution >= 0.6 is 0 Å². The van der Waals surface area contributed by atoms with Crippen LogP contribution in [0.25, 0.3) is 22.2 Å². The molecule has 1 fully saturated rings. The third-order valence-electron chi connectivity index (χ3n) is 3.83. The van der Waals surface area contributed by atoms with Crippen LogP contribution < -0.4 is 9.64 Å². The predicted molar refractivity (Wildman–Crippen MR) is 93.7 cm³/mol. The first-order chi connectivity index (χ1) is 12.1. The van der Waals surface area contributed by atoms with Gasteiger partial charge in [-0.15, -0.1) is 0 Å². The third kappa shape index (κ3) is 2.86. The number of nitrogens with one attached hydrogen (secondary N) is 1. The van der Waals surface area contributed by atoms with E-state index in [9.17, 15) is 4.79 Å². The molecule has 0 atom stereocenters. The first-order valence-electron chi connectivity index (χ1n) is 8.03. The summed E-state index contributed by atoms with van der Waals surface area (Å²) in [6.45, 7) is 4.77. The van der Waals surface area contributed by atoms with Gasteiger partial charge in [0, 0.05) is 24.6 Å². The summed E-state index contributed by atoms with van der Waals surface area (Å²) < 4.78 is 10.6. The summed E-state index contributed by atoms with van der Waals surface area (Å²) in [4.78, 5) is 21.8. The molecule has 0 spiro atoms. The molecule has 1 aliphatic rings. The Kier molecular flexibility index (Phi) is 3.72. The van der Waals surface area contributed by atoms with Crippen molar-refractivity contribution in [3.05, 3.63) is 30.6 Å². The fourth-order valence-corrected chi connectivity index (χ4v) is 2.74. The van der Waals surface area contributed by atoms with Crippen LogP contribution in [0.4, 0.5) is 10.6 Å². The lowest BCUT2D eigenvalue weighted by Gasteiger charge is -2.12. The van der Waals surface area contributed by atoms with E-state index < -0.39 is 0 Å². The quantitative estimate of drug-likeness (QED) is 0.784. The van der Waals surface area contributed by atoms with E-state index >= 15 is 0 Å². The fraction of sp³-hybridized carbons (Fsp3) is 0.294. The number of anilines is 1. The van der Waals surface area contributed by atoms with E-state index in [-0.39, 0.29) is 13.6 Å². The number of aromatic amines is 1. The molecule has 0 bridgehead atoms. The highest BCUT2D eigenvalue weighted by molar-refractivity contribution is 5.94. The van der Waals surface area contributed by atoms with Gasteiger partial charge in [0.2, 0.25) is 5.88 Å². The number of hydrogen-bond donors (Lipinski definition) is 1. The average Bonchev–Trinajstić information content (AvgIpc) is 3.20. The van der Waals surface area contributed by atoms with Crippen molar-refractivity contribution in [1.82, 2.24) is 20.2 Å². The van der Waals surface area contributed by atoms with E-state index in [2.05, 4.69) is 20.2 Å². The molecule has 8 nitrogen and oxygen atoms in total. The van der Waals surface area contributed by atoms with Gasteiger partial charge in [-0.1, -0.05) is 0 Å². The van der Waals surface area contributed by atoms with Crippen LogP contribution in [0, 0.1) is 0 Å². The highest BCUT2D eigenvalue weighted by atomic mass is 16.6. The van der Waals surface area contributed by atoms with Crippen LogP contribution in [0.3, 0.4) is 0 Å². The minimum absolute atomic E-state index is 0. The zero-order valence-corrected chi connectivity index (χ0v) is 13.9. The maximum atomic E-state index is 11.7. The summed E-state index contributed by atoms with van der Waals surface area (Å²) in [5.74, 6) is 1.09. The zero-order valence-electron chi connectivity index (χ0n) is 13.9. The second kappa shape index (κ2) is 6.04. The van der Waals surface area contributed by atoms with Crippen molar-refractivity contribution in [2.24, 2.45) is 0 Å². The second-order valence-electron chi connectivity index (χ2n) is 5.98. The molecule has 0 unspecified atom stereocenters. The van der Waals surface area contributed by atoms with Gasteiger partial charge in [0.25, 0.3) is 0 Å².